The van der Waals surface area contributed by atoms with Crippen LogP contribution in [0.2, 0.25) is 5.02 Å². The van der Waals surface area contributed by atoms with Crippen LogP contribution in [0, 0.1) is 0 Å². The van der Waals surface area contributed by atoms with Crippen molar-refractivity contribution in [2.45, 2.75) is 49.2 Å². The maximum atomic E-state index is 13.3. The van der Waals surface area contributed by atoms with Gasteiger partial charge in [0.2, 0.25) is 21.8 Å². The van der Waals surface area contributed by atoms with Gasteiger partial charge in [0.15, 0.2) is 5.69 Å². The van der Waals surface area contributed by atoms with Gasteiger partial charge in [-0.05, 0) is 61.2 Å². The van der Waals surface area contributed by atoms with Gasteiger partial charge >= 0.3 is 0 Å². The van der Waals surface area contributed by atoms with Crippen molar-refractivity contribution < 1.29 is 22.8 Å². The lowest BCUT2D eigenvalue weighted by molar-refractivity contribution is -0.144. The first-order valence-corrected chi connectivity index (χ1v) is 14.9. The number of sulfonamides is 1. The van der Waals surface area contributed by atoms with Crippen LogP contribution in [0.5, 0.6) is 0 Å². The molecule has 14 heteroatoms. The normalized spacial score (nSPS) is 20.6. The van der Waals surface area contributed by atoms with E-state index in [0.717, 1.165) is 5.39 Å². The molecule has 2 aliphatic heterocycles. The van der Waals surface area contributed by atoms with Crippen LogP contribution in [0.15, 0.2) is 47.5 Å². The van der Waals surface area contributed by atoms with Gasteiger partial charge in [-0.3, -0.25) is 19.1 Å². The van der Waals surface area contributed by atoms with E-state index in [0.29, 0.717) is 36.3 Å². The number of aryl methyl sites for hydroxylation is 1. The molecule has 2 fully saturated rings. The second kappa shape index (κ2) is 11.1. The van der Waals surface area contributed by atoms with E-state index in [2.05, 4.69) is 20.4 Å². The Hall–Kier alpha value is -3.55. The number of aromatic nitrogens is 3. The molecule has 0 radical (unpaired) electrons. The van der Waals surface area contributed by atoms with Crippen molar-refractivity contribution in [1.29, 1.82) is 0 Å². The number of hydrogen-bond donors (Lipinski definition) is 2. The third-order valence-corrected chi connectivity index (χ3v) is 9.05. The zero-order valence-electron chi connectivity index (χ0n) is 22.1. The molecule has 3 amide bonds. The van der Waals surface area contributed by atoms with E-state index in [9.17, 15) is 22.8 Å². The van der Waals surface area contributed by atoms with Crippen molar-refractivity contribution in [2.24, 2.45) is 7.05 Å². The summed E-state index contributed by atoms with van der Waals surface area (Å²) >= 11 is 6.02. The number of likely N-dealkylation sites (tertiary alicyclic amines) is 2. The molecule has 5 rings (SSSR count). The second-order valence-corrected chi connectivity index (χ2v) is 12.3. The van der Waals surface area contributed by atoms with Crippen LogP contribution in [0.4, 0.5) is 0 Å². The van der Waals surface area contributed by atoms with E-state index in [-0.39, 0.29) is 41.4 Å². The van der Waals surface area contributed by atoms with Gasteiger partial charge in [-0.2, -0.15) is 4.72 Å². The Kier molecular flexibility index (Phi) is 7.80. The first-order chi connectivity index (χ1) is 19.0. The summed E-state index contributed by atoms with van der Waals surface area (Å²) in [6.45, 7) is 2.70. The van der Waals surface area contributed by atoms with Crippen LogP contribution in [0.1, 0.15) is 36.7 Å². The molecule has 1 aromatic heterocycles. The Morgan fingerprint density at radius 3 is 2.60 bits per heavy atom. The van der Waals surface area contributed by atoms with E-state index in [1.807, 2.05) is 0 Å². The van der Waals surface area contributed by atoms with Gasteiger partial charge in [0.25, 0.3) is 5.91 Å². The van der Waals surface area contributed by atoms with E-state index < -0.39 is 28.0 Å². The number of halogens is 1. The molecule has 2 N–H and O–H groups in total. The molecule has 0 bridgehead atoms. The summed E-state index contributed by atoms with van der Waals surface area (Å²) in [5.41, 5.74) is 0.198. The Morgan fingerprint density at radius 2 is 1.85 bits per heavy atom. The zero-order valence-corrected chi connectivity index (χ0v) is 23.7. The van der Waals surface area contributed by atoms with Crippen molar-refractivity contribution in [3.8, 4) is 0 Å². The fourth-order valence-electron chi connectivity index (χ4n) is 5.22. The quantitative estimate of drug-likeness (QED) is 0.424. The largest absolute Gasteiger partial charge is 0.346 e. The molecule has 3 atom stereocenters. The molecule has 0 aliphatic carbocycles. The van der Waals surface area contributed by atoms with Crippen molar-refractivity contribution in [3.05, 3.63) is 53.3 Å². The molecule has 0 saturated carbocycles. The predicted octanol–water partition coefficient (Wildman–Crippen LogP) is 1.31. The molecule has 12 nitrogen and oxygen atoms in total. The number of carbonyl (C=O) groups excluding carboxylic acids is 3. The highest BCUT2D eigenvalue weighted by atomic mass is 35.5. The molecular weight excluding hydrogens is 558 g/mol. The summed E-state index contributed by atoms with van der Waals surface area (Å²) < 4.78 is 30.2. The highest BCUT2D eigenvalue weighted by Gasteiger charge is 2.40. The van der Waals surface area contributed by atoms with Crippen molar-refractivity contribution in [2.75, 3.05) is 19.6 Å². The number of nitrogens with one attached hydrogen (secondary N) is 2. The summed E-state index contributed by atoms with van der Waals surface area (Å²) in [6, 6.07) is 7.83. The van der Waals surface area contributed by atoms with Crippen LogP contribution in [-0.4, -0.2) is 88.7 Å². The molecule has 3 aromatic rings. The maximum Gasteiger partial charge on any atom is 0.273 e. The number of benzene rings is 2. The summed E-state index contributed by atoms with van der Waals surface area (Å²) in [5, 5.41) is 12.5. The van der Waals surface area contributed by atoms with Gasteiger partial charge in [0, 0.05) is 37.7 Å². The van der Waals surface area contributed by atoms with Crippen LogP contribution in [0.3, 0.4) is 0 Å². The third-order valence-electron chi connectivity index (χ3n) is 7.35. The maximum absolute atomic E-state index is 13.3. The molecule has 2 aliphatic rings. The summed E-state index contributed by atoms with van der Waals surface area (Å²) in [7, 11) is -2.32. The van der Waals surface area contributed by atoms with Gasteiger partial charge in [-0.1, -0.05) is 28.9 Å². The van der Waals surface area contributed by atoms with E-state index in [1.54, 1.807) is 43.1 Å². The molecule has 2 saturated heterocycles. The van der Waals surface area contributed by atoms with E-state index in [4.69, 9.17) is 11.6 Å². The molecule has 2 aromatic carbocycles. The SMILES string of the molecule is C[C@@H](C(=O)N1CCCC(NC(=O)c2cn(C)nn2)C1)N1CC[C@H](NS(=O)(=O)c2ccc3cc(Cl)ccc3c2)C1=O. The third kappa shape index (κ3) is 5.81. The fraction of sp³-hybridized carbons (Fsp3) is 0.423. The second-order valence-electron chi connectivity index (χ2n) is 10.2. The lowest BCUT2D eigenvalue weighted by Crippen LogP contribution is -2.55. The average Bonchev–Trinajstić information content (AvgIpc) is 3.52. The standard InChI is InChI=1S/C26H30ClN7O5S/c1-16(25(36)33-10-3-4-20(14-33)28-24(35)23-15-32(2)31-29-23)34-11-9-22(26(34)37)30-40(38,39)21-8-6-17-12-19(27)7-5-18(17)13-21/h5-8,12-13,15-16,20,22,30H,3-4,9-11,14H2,1-2H3,(H,28,35)/t16-,20?,22-/m0/s1. The molecular formula is C26H30ClN7O5S. The number of piperidine rings is 1. The van der Waals surface area contributed by atoms with Crippen LogP contribution < -0.4 is 10.0 Å². The smallest absolute Gasteiger partial charge is 0.273 e. The number of amides is 3. The monoisotopic (exact) mass is 587 g/mol. The Balaban J connectivity index is 1.20. The van der Waals surface area contributed by atoms with Gasteiger partial charge < -0.3 is 15.1 Å². The first-order valence-electron chi connectivity index (χ1n) is 13.0. The molecule has 3 heterocycles. The van der Waals surface area contributed by atoms with Gasteiger partial charge in [0.05, 0.1) is 11.1 Å². The average molecular weight is 588 g/mol. The van der Waals surface area contributed by atoms with E-state index >= 15 is 0 Å². The predicted molar refractivity (Wildman–Crippen MR) is 147 cm³/mol. The molecule has 40 heavy (non-hydrogen) atoms. The lowest BCUT2D eigenvalue weighted by atomic mass is 10.0. The fourth-order valence-corrected chi connectivity index (χ4v) is 6.66. The topological polar surface area (TPSA) is 147 Å². The number of fused-ring (bicyclic) bond motifs is 1. The highest BCUT2D eigenvalue weighted by molar-refractivity contribution is 7.89. The number of hydrogen-bond acceptors (Lipinski definition) is 7. The Bertz CT molecular complexity index is 1580. The van der Waals surface area contributed by atoms with Crippen LogP contribution in [0.25, 0.3) is 10.8 Å². The van der Waals surface area contributed by atoms with Gasteiger partial charge in [0.1, 0.15) is 12.1 Å². The summed E-state index contributed by atoms with van der Waals surface area (Å²) in [6.07, 6.45) is 3.16. The first kappa shape index (κ1) is 28.0. The zero-order chi connectivity index (χ0) is 28.6. The Morgan fingerprint density at radius 1 is 1.10 bits per heavy atom. The van der Waals surface area contributed by atoms with Crippen LogP contribution >= 0.6 is 11.6 Å². The molecule has 212 valence electrons. The van der Waals surface area contributed by atoms with Gasteiger partial charge in [-0.25, -0.2) is 8.42 Å². The van der Waals surface area contributed by atoms with Gasteiger partial charge in [-0.15, -0.1) is 5.10 Å². The minimum absolute atomic E-state index is 0.0422. The summed E-state index contributed by atoms with van der Waals surface area (Å²) in [4.78, 5) is 42.1. The molecule has 1 unspecified atom stereocenters. The number of nitrogens with zero attached hydrogens (tertiary/aromatic N) is 5. The van der Waals surface area contributed by atoms with Crippen molar-refractivity contribution >= 4 is 50.1 Å². The Labute approximate surface area is 236 Å². The highest BCUT2D eigenvalue weighted by Crippen LogP contribution is 2.24. The van der Waals surface area contributed by atoms with E-state index in [1.165, 1.54) is 27.9 Å². The minimum Gasteiger partial charge on any atom is -0.346 e. The van der Waals surface area contributed by atoms with Crippen molar-refractivity contribution in [1.82, 2.24) is 34.8 Å². The summed E-state index contributed by atoms with van der Waals surface area (Å²) in [5.74, 6) is -1.05. The van der Waals surface area contributed by atoms with Crippen LogP contribution in [-0.2, 0) is 26.7 Å². The number of carbonyl (C=O) groups is 3. The number of rotatable bonds is 7. The lowest BCUT2D eigenvalue weighted by Gasteiger charge is -2.36. The van der Waals surface area contributed by atoms with Crippen molar-refractivity contribution in [3.63, 3.8) is 0 Å². The molecule has 0 spiro atoms. The minimum atomic E-state index is -3.99.